The molecule has 2 N–H and O–H groups in total. The Labute approximate surface area is 122 Å². The summed E-state index contributed by atoms with van der Waals surface area (Å²) in [5, 5.41) is 4.24. The summed E-state index contributed by atoms with van der Waals surface area (Å²) in [5.41, 5.74) is 2.31. The van der Waals surface area contributed by atoms with Gasteiger partial charge in [-0.25, -0.2) is 0 Å². The second kappa shape index (κ2) is 10.2. The Morgan fingerprint density at radius 1 is 1.20 bits per heavy atom. The van der Waals surface area contributed by atoms with E-state index in [-0.39, 0.29) is 11.8 Å². The molecule has 0 saturated carbocycles. The van der Waals surface area contributed by atoms with Crippen molar-refractivity contribution in [3.05, 3.63) is 36.0 Å². The summed E-state index contributed by atoms with van der Waals surface area (Å²) in [6.45, 7) is 9.62. The lowest BCUT2D eigenvalue weighted by Gasteiger charge is -2.11. The Bertz CT molecular complexity index is 502. The van der Waals surface area contributed by atoms with E-state index in [9.17, 15) is 4.79 Å². The Morgan fingerprint density at radius 2 is 1.80 bits per heavy atom. The molecule has 0 unspecified atom stereocenters. The number of hydrogen-bond acceptors (Lipinski definition) is 2. The van der Waals surface area contributed by atoms with Gasteiger partial charge in [0.25, 0.3) is 0 Å². The largest absolute Gasteiger partial charge is 0.361 e. The standard InChI is InChI=1S/C13H16N2O.2C2H6/c1-9(16)13(14-2)7-10-8-15-12-6-4-3-5-11(10)12;2*1-2/h3-6,8,13-15H,7H2,1-2H3;2*1-2H3/t13-;;/m0../s1. The molecule has 0 fully saturated rings. The van der Waals surface area contributed by atoms with Crippen LogP contribution in [0.3, 0.4) is 0 Å². The highest BCUT2D eigenvalue weighted by Crippen LogP contribution is 2.19. The maximum Gasteiger partial charge on any atom is 0.147 e. The molecule has 3 nitrogen and oxygen atoms in total. The van der Waals surface area contributed by atoms with E-state index in [2.05, 4.69) is 16.4 Å². The van der Waals surface area contributed by atoms with Crippen LogP contribution in [0.25, 0.3) is 10.9 Å². The summed E-state index contributed by atoms with van der Waals surface area (Å²) >= 11 is 0. The number of rotatable bonds is 4. The molecule has 112 valence electrons. The lowest BCUT2D eigenvalue weighted by Crippen LogP contribution is -2.34. The lowest BCUT2D eigenvalue weighted by molar-refractivity contribution is -0.118. The zero-order valence-corrected chi connectivity index (χ0v) is 13.6. The Hall–Kier alpha value is -1.61. The molecule has 0 aliphatic carbocycles. The summed E-state index contributed by atoms with van der Waals surface area (Å²) in [7, 11) is 1.82. The van der Waals surface area contributed by atoms with E-state index >= 15 is 0 Å². The average Bonchev–Trinajstić information content (AvgIpc) is 2.91. The number of Topliss-reactive ketones (excluding diaryl/α,β-unsaturated/α-hetero) is 1. The number of carbonyl (C=O) groups excluding carboxylic acids is 1. The fourth-order valence-electron chi connectivity index (χ4n) is 1.97. The third-order valence-corrected chi connectivity index (χ3v) is 2.94. The van der Waals surface area contributed by atoms with E-state index in [0.717, 1.165) is 11.9 Å². The highest BCUT2D eigenvalue weighted by molar-refractivity contribution is 5.86. The van der Waals surface area contributed by atoms with Gasteiger partial charge in [-0.1, -0.05) is 45.9 Å². The van der Waals surface area contributed by atoms with Gasteiger partial charge in [-0.2, -0.15) is 0 Å². The normalized spacial score (nSPS) is 10.9. The summed E-state index contributed by atoms with van der Waals surface area (Å²) in [6, 6.07) is 8.04. The molecular weight excluding hydrogens is 248 g/mol. The van der Waals surface area contributed by atoms with Gasteiger partial charge in [-0.15, -0.1) is 0 Å². The number of fused-ring (bicyclic) bond motifs is 1. The zero-order chi connectivity index (χ0) is 15.5. The van der Waals surface area contributed by atoms with Crippen LogP contribution < -0.4 is 5.32 Å². The van der Waals surface area contributed by atoms with Crippen molar-refractivity contribution < 1.29 is 4.79 Å². The van der Waals surface area contributed by atoms with Crippen molar-refractivity contribution in [1.29, 1.82) is 0 Å². The lowest BCUT2D eigenvalue weighted by atomic mass is 10.0. The summed E-state index contributed by atoms with van der Waals surface area (Å²) in [5.74, 6) is 0.174. The smallest absolute Gasteiger partial charge is 0.147 e. The predicted molar refractivity (Wildman–Crippen MR) is 88.2 cm³/mol. The fourth-order valence-corrected chi connectivity index (χ4v) is 1.97. The van der Waals surface area contributed by atoms with Gasteiger partial charge in [0, 0.05) is 17.1 Å². The van der Waals surface area contributed by atoms with Gasteiger partial charge in [0.1, 0.15) is 5.78 Å². The summed E-state index contributed by atoms with van der Waals surface area (Å²) in [4.78, 5) is 14.6. The van der Waals surface area contributed by atoms with Crippen molar-refractivity contribution in [2.24, 2.45) is 0 Å². The Balaban J connectivity index is 0.000000829. The minimum absolute atomic E-state index is 0.0980. The predicted octanol–water partition coefficient (Wildman–Crippen LogP) is 3.94. The molecule has 2 rings (SSSR count). The first-order valence-corrected chi connectivity index (χ1v) is 7.45. The van der Waals surface area contributed by atoms with E-state index in [0.29, 0.717) is 0 Å². The first-order chi connectivity index (χ1) is 9.72. The number of carbonyl (C=O) groups is 1. The van der Waals surface area contributed by atoms with Gasteiger partial charge in [0.15, 0.2) is 0 Å². The van der Waals surface area contributed by atoms with Crippen LogP contribution >= 0.6 is 0 Å². The zero-order valence-electron chi connectivity index (χ0n) is 13.6. The third kappa shape index (κ3) is 4.82. The van der Waals surface area contributed by atoms with Crippen LogP contribution in [0.5, 0.6) is 0 Å². The number of hydrogen-bond donors (Lipinski definition) is 2. The first-order valence-electron chi connectivity index (χ1n) is 7.45. The van der Waals surface area contributed by atoms with E-state index in [1.54, 1.807) is 6.92 Å². The highest BCUT2D eigenvalue weighted by Gasteiger charge is 2.14. The summed E-state index contributed by atoms with van der Waals surface area (Å²) in [6.07, 6.45) is 2.72. The first kappa shape index (κ1) is 18.4. The second-order valence-corrected chi connectivity index (χ2v) is 4.02. The van der Waals surface area contributed by atoms with Gasteiger partial charge in [0.05, 0.1) is 6.04 Å². The van der Waals surface area contributed by atoms with Crippen LogP contribution in [0, 0.1) is 0 Å². The van der Waals surface area contributed by atoms with Crippen LogP contribution in [0.1, 0.15) is 40.2 Å². The van der Waals surface area contributed by atoms with Crippen LogP contribution in [0.4, 0.5) is 0 Å². The topological polar surface area (TPSA) is 44.9 Å². The van der Waals surface area contributed by atoms with Crippen molar-refractivity contribution >= 4 is 16.7 Å². The number of benzene rings is 1. The Kier molecular flexibility index (Phi) is 9.39. The van der Waals surface area contributed by atoms with Gasteiger partial charge in [0.2, 0.25) is 0 Å². The number of H-pyrrole nitrogens is 1. The van der Waals surface area contributed by atoms with Gasteiger partial charge in [-0.05, 0) is 32.0 Å². The molecular formula is C17H28N2O. The molecule has 3 heteroatoms. The number of aromatic nitrogens is 1. The average molecular weight is 276 g/mol. The minimum atomic E-state index is -0.0980. The van der Waals surface area contributed by atoms with E-state index in [4.69, 9.17) is 0 Å². The number of nitrogens with one attached hydrogen (secondary N) is 2. The molecule has 0 aliphatic heterocycles. The minimum Gasteiger partial charge on any atom is -0.361 e. The van der Waals surface area contributed by atoms with Crippen molar-refractivity contribution in [3.8, 4) is 0 Å². The van der Waals surface area contributed by atoms with Gasteiger partial charge in [-0.3, -0.25) is 4.79 Å². The molecule has 20 heavy (non-hydrogen) atoms. The maximum atomic E-state index is 11.4. The molecule has 0 spiro atoms. The molecule has 0 amide bonds. The Morgan fingerprint density at radius 3 is 2.35 bits per heavy atom. The molecule has 0 radical (unpaired) electrons. The fraction of sp³-hybridized carbons (Fsp3) is 0.471. The maximum absolute atomic E-state index is 11.4. The SMILES string of the molecule is CC.CC.CN[C@@H](Cc1c[nH]c2ccccc12)C(C)=O. The monoisotopic (exact) mass is 276 g/mol. The molecule has 1 heterocycles. The second-order valence-electron chi connectivity index (χ2n) is 4.02. The van der Waals surface area contributed by atoms with Crippen molar-refractivity contribution in [2.75, 3.05) is 7.05 Å². The molecule has 0 bridgehead atoms. The van der Waals surface area contributed by atoms with Crippen LogP contribution in [0.2, 0.25) is 0 Å². The van der Waals surface area contributed by atoms with Crippen molar-refractivity contribution in [2.45, 2.75) is 47.1 Å². The van der Waals surface area contributed by atoms with Gasteiger partial charge >= 0.3 is 0 Å². The number of ketones is 1. The quantitative estimate of drug-likeness (QED) is 0.888. The molecule has 0 aliphatic rings. The molecule has 2 aromatic rings. The van der Waals surface area contributed by atoms with Gasteiger partial charge < -0.3 is 10.3 Å². The van der Waals surface area contributed by atoms with Crippen LogP contribution in [0.15, 0.2) is 30.5 Å². The number of likely N-dealkylation sites (N-methyl/N-ethyl adjacent to an activating group) is 1. The van der Waals surface area contributed by atoms with E-state index < -0.39 is 0 Å². The molecule has 1 aromatic heterocycles. The van der Waals surface area contributed by atoms with E-state index in [1.807, 2.05) is 59.1 Å². The summed E-state index contributed by atoms with van der Waals surface area (Å²) < 4.78 is 0. The van der Waals surface area contributed by atoms with E-state index in [1.165, 1.54) is 10.9 Å². The van der Waals surface area contributed by atoms with Crippen molar-refractivity contribution in [3.63, 3.8) is 0 Å². The van der Waals surface area contributed by atoms with Crippen molar-refractivity contribution in [1.82, 2.24) is 10.3 Å². The molecule has 1 aromatic carbocycles. The number of para-hydroxylation sites is 1. The molecule has 0 saturated heterocycles. The highest BCUT2D eigenvalue weighted by atomic mass is 16.1. The molecule has 1 atom stereocenters. The van der Waals surface area contributed by atoms with Crippen LogP contribution in [-0.4, -0.2) is 23.9 Å². The van der Waals surface area contributed by atoms with Crippen LogP contribution in [-0.2, 0) is 11.2 Å². The third-order valence-electron chi connectivity index (χ3n) is 2.94. The number of aromatic amines is 1.